The number of ether oxygens (including phenoxy) is 2. The fourth-order valence-electron chi connectivity index (χ4n) is 3.60. The number of nitrogens with zero attached hydrogens (tertiary/aromatic N) is 1. The fraction of sp³-hybridized carbons (Fsp3) is 0.435. The molecule has 2 aromatic rings. The Bertz CT molecular complexity index is 1020. The first-order chi connectivity index (χ1) is 14.8. The number of carbonyl (C=O) groups is 1. The van der Waals surface area contributed by atoms with E-state index in [0.717, 1.165) is 24.8 Å². The molecule has 7 nitrogen and oxygen atoms in total. The van der Waals surface area contributed by atoms with Crippen LogP contribution in [0.1, 0.15) is 38.2 Å². The van der Waals surface area contributed by atoms with Crippen LogP contribution in [0.3, 0.4) is 0 Å². The second-order valence-electron chi connectivity index (χ2n) is 7.65. The first-order valence-corrected chi connectivity index (χ1v) is 12.0. The average Bonchev–Trinajstić information content (AvgIpc) is 2.78. The zero-order chi connectivity index (χ0) is 22.4. The van der Waals surface area contributed by atoms with Crippen molar-refractivity contribution in [3.05, 3.63) is 48.0 Å². The van der Waals surface area contributed by atoms with E-state index in [1.54, 1.807) is 18.2 Å². The number of hydrogen-bond donors (Lipinski definition) is 1. The summed E-state index contributed by atoms with van der Waals surface area (Å²) in [6, 6.07) is 12.2. The van der Waals surface area contributed by atoms with E-state index in [1.165, 1.54) is 17.5 Å². The molecule has 0 radical (unpaired) electrons. The summed E-state index contributed by atoms with van der Waals surface area (Å²) < 4.78 is 39.0. The van der Waals surface area contributed by atoms with Crippen molar-refractivity contribution in [2.75, 3.05) is 25.5 Å². The topological polar surface area (TPSA) is 84.9 Å². The zero-order valence-corrected chi connectivity index (χ0v) is 19.1. The highest BCUT2D eigenvalue weighted by Gasteiger charge is 2.29. The van der Waals surface area contributed by atoms with Crippen LogP contribution in [0.5, 0.6) is 11.5 Å². The Morgan fingerprint density at radius 3 is 2.52 bits per heavy atom. The molecule has 0 saturated carbocycles. The number of anilines is 1. The number of aryl methyl sites for hydroxylation is 1. The Balaban J connectivity index is 1.80. The second-order valence-corrected chi connectivity index (χ2v) is 9.56. The van der Waals surface area contributed by atoms with Crippen molar-refractivity contribution in [1.29, 1.82) is 0 Å². The Labute approximate surface area is 184 Å². The molecule has 3 rings (SSSR count). The molecule has 0 aromatic heterocycles. The number of hydrogen-bond acceptors (Lipinski definition) is 5. The SMILES string of the molecule is CC[C@H](Oc1cccc(C)c1)C(=O)Nc1ccc(OC)c(S(=O)(=O)N2CCCCC2)c1. The van der Waals surface area contributed by atoms with E-state index in [4.69, 9.17) is 9.47 Å². The molecule has 0 spiro atoms. The van der Waals surface area contributed by atoms with Gasteiger partial charge in [-0.25, -0.2) is 8.42 Å². The monoisotopic (exact) mass is 446 g/mol. The molecule has 1 fully saturated rings. The number of sulfonamides is 1. The van der Waals surface area contributed by atoms with E-state index in [0.29, 0.717) is 30.9 Å². The quantitative estimate of drug-likeness (QED) is 0.663. The van der Waals surface area contributed by atoms with Gasteiger partial charge in [-0.3, -0.25) is 4.79 Å². The van der Waals surface area contributed by atoms with Crippen LogP contribution in [-0.4, -0.2) is 44.9 Å². The molecule has 1 aliphatic heterocycles. The summed E-state index contributed by atoms with van der Waals surface area (Å²) >= 11 is 0. The lowest BCUT2D eigenvalue weighted by Crippen LogP contribution is -2.36. The molecule has 0 unspecified atom stereocenters. The molecule has 0 aliphatic carbocycles. The lowest BCUT2D eigenvalue weighted by Gasteiger charge is -2.26. The van der Waals surface area contributed by atoms with Crippen molar-refractivity contribution in [3.8, 4) is 11.5 Å². The van der Waals surface area contributed by atoms with Crippen LogP contribution in [0.15, 0.2) is 47.4 Å². The summed E-state index contributed by atoms with van der Waals surface area (Å²) in [5.74, 6) is 0.534. The lowest BCUT2D eigenvalue weighted by molar-refractivity contribution is -0.122. The Kier molecular flexibility index (Phi) is 7.56. The van der Waals surface area contributed by atoms with Gasteiger partial charge < -0.3 is 14.8 Å². The van der Waals surface area contributed by atoms with Crippen LogP contribution in [-0.2, 0) is 14.8 Å². The van der Waals surface area contributed by atoms with E-state index >= 15 is 0 Å². The standard InChI is InChI=1S/C23H30N2O5S/c1-4-20(30-19-10-8-9-17(2)15-19)23(26)24-18-11-12-21(29-3)22(16-18)31(27,28)25-13-6-5-7-14-25/h8-12,15-16,20H,4-7,13-14H2,1-3H3,(H,24,26)/t20-/m0/s1. The highest BCUT2D eigenvalue weighted by molar-refractivity contribution is 7.89. The highest BCUT2D eigenvalue weighted by atomic mass is 32.2. The van der Waals surface area contributed by atoms with E-state index in [2.05, 4.69) is 5.32 Å². The minimum atomic E-state index is -3.72. The zero-order valence-electron chi connectivity index (χ0n) is 18.3. The van der Waals surface area contributed by atoms with Crippen LogP contribution in [0, 0.1) is 6.92 Å². The van der Waals surface area contributed by atoms with Gasteiger partial charge in [0.15, 0.2) is 6.10 Å². The highest BCUT2D eigenvalue weighted by Crippen LogP contribution is 2.31. The summed E-state index contributed by atoms with van der Waals surface area (Å²) in [5.41, 5.74) is 1.42. The maximum Gasteiger partial charge on any atom is 0.265 e. The third-order valence-electron chi connectivity index (χ3n) is 5.30. The molecule has 0 bridgehead atoms. The van der Waals surface area contributed by atoms with E-state index in [1.807, 2.05) is 32.0 Å². The lowest BCUT2D eigenvalue weighted by atomic mass is 10.2. The van der Waals surface area contributed by atoms with Gasteiger partial charge in [-0.2, -0.15) is 4.31 Å². The maximum atomic E-state index is 13.2. The average molecular weight is 447 g/mol. The fourth-order valence-corrected chi connectivity index (χ4v) is 5.30. The minimum absolute atomic E-state index is 0.0577. The van der Waals surface area contributed by atoms with Crippen LogP contribution in [0.4, 0.5) is 5.69 Å². The van der Waals surface area contributed by atoms with Crippen molar-refractivity contribution in [2.45, 2.75) is 50.5 Å². The van der Waals surface area contributed by atoms with Gasteiger partial charge in [0, 0.05) is 18.8 Å². The van der Waals surface area contributed by atoms with Crippen molar-refractivity contribution >= 4 is 21.6 Å². The summed E-state index contributed by atoms with van der Waals surface area (Å²) in [7, 11) is -2.28. The van der Waals surface area contributed by atoms with E-state index < -0.39 is 16.1 Å². The Morgan fingerprint density at radius 1 is 1.13 bits per heavy atom. The summed E-state index contributed by atoms with van der Waals surface area (Å²) in [4.78, 5) is 12.9. The molecule has 8 heteroatoms. The number of nitrogens with one attached hydrogen (secondary N) is 1. The van der Waals surface area contributed by atoms with Gasteiger partial charge in [0.25, 0.3) is 5.91 Å². The van der Waals surface area contributed by atoms with Gasteiger partial charge in [0.05, 0.1) is 7.11 Å². The van der Waals surface area contributed by atoms with Crippen LogP contribution < -0.4 is 14.8 Å². The van der Waals surface area contributed by atoms with Gasteiger partial charge >= 0.3 is 0 Å². The molecule has 1 atom stereocenters. The number of benzene rings is 2. The molecule has 1 amide bonds. The van der Waals surface area contributed by atoms with Gasteiger partial charge in [-0.1, -0.05) is 25.5 Å². The Morgan fingerprint density at radius 2 is 1.87 bits per heavy atom. The number of piperidine rings is 1. The van der Waals surface area contributed by atoms with Gasteiger partial charge in [0.1, 0.15) is 16.4 Å². The third kappa shape index (κ3) is 5.57. The number of amides is 1. The van der Waals surface area contributed by atoms with Gasteiger partial charge in [-0.15, -0.1) is 0 Å². The first-order valence-electron chi connectivity index (χ1n) is 10.6. The molecule has 2 aromatic carbocycles. The summed E-state index contributed by atoms with van der Waals surface area (Å²) in [6.45, 7) is 4.80. The maximum absolute atomic E-state index is 13.2. The smallest absolute Gasteiger partial charge is 0.265 e. The molecule has 168 valence electrons. The number of methoxy groups -OCH3 is 1. The summed E-state index contributed by atoms with van der Waals surface area (Å²) in [6.07, 6.45) is 2.47. The largest absolute Gasteiger partial charge is 0.495 e. The molecule has 1 saturated heterocycles. The predicted octanol–water partition coefficient (Wildman–Crippen LogP) is 3.97. The van der Waals surface area contributed by atoms with Crippen molar-refractivity contribution in [3.63, 3.8) is 0 Å². The summed E-state index contributed by atoms with van der Waals surface area (Å²) in [5, 5.41) is 2.79. The first kappa shape index (κ1) is 23.1. The Hall–Kier alpha value is -2.58. The van der Waals surface area contributed by atoms with Crippen molar-refractivity contribution in [2.24, 2.45) is 0 Å². The minimum Gasteiger partial charge on any atom is -0.495 e. The van der Waals surface area contributed by atoms with Crippen molar-refractivity contribution in [1.82, 2.24) is 4.31 Å². The van der Waals surface area contributed by atoms with Crippen LogP contribution in [0.25, 0.3) is 0 Å². The van der Waals surface area contributed by atoms with E-state index in [9.17, 15) is 13.2 Å². The molecule has 1 heterocycles. The van der Waals surface area contributed by atoms with Crippen LogP contribution >= 0.6 is 0 Å². The van der Waals surface area contributed by atoms with Gasteiger partial charge in [0.2, 0.25) is 10.0 Å². The molecular weight excluding hydrogens is 416 g/mol. The number of rotatable bonds is 8. The van der Waals surface area contributed by atoms with Crippen molar-refractivity contribution < 1.29 is 22.7 Å². The number of carbonyl (C=O) groups excluding carboxylic acids is 1. The van der Waals surface area contributed by atoms with Crippen LogP contribution in [0.2, 0.25) is 0 Å². The molecule has 1 N–H and O–H groups in total. The third-order valence-corrected chi connectivity index (χ3v) is 7.21. The molecule has 1 aliphatic rings. The van der Waals surface area contributed by atoms with E-state index in [-0.39, 0.29) is 16.6 Å². The second kappa shape index (κ2) is 10.2. The predicted molar refractivity (Wildman–Crippen MR) is 120 cm³/mol. The molecular formula is C23H30N2O5S. The van der Waals surface area contributed by atoms with Gasteiger partial charge in [-0.05, 0) is 62.1 Å². The normalized spacial score (nSPS) is 15.8. The molecule has 31 heavy (non-hydrogen) atoms.